The van der Waals surface area contributed by atoms with E-state index >= 15 is 0 Å². The van der Waals surface area contributed by atoms with Gasteiger partial charge < -0.3 is 0 Å². The molecule has 0 aromatic heterocycles. The van der Waals surface area contributed by atoms with Gasteiger partial charge in [-0.2, -0.15) is 0 Å². The number of sulfonamides is 2. The van der Waals surface area contributed by atoms with Crippen molar-refractivity contribution in [3.8, 4) is 0 Å². The van der Waals surface area contributed by atoms with Crippen LogP contribution >= 0.6 is 0 Å². The SMILES string of the molecule is NS(=O)(=O)c1ccccc1S(N)(=O)=O.[CaH2]. The zero-order valence-electron chi connectivity index (χ0n) is 6.91. The third kappa shape index (κ3) is 3.98. The molecule has 1 aromatic carbocycles. The predicted molar refractivity (Wildman–Crippen MR) is 57.7 cm³/mol. The molecular weight excluding hydrogens is 268 g/mol. The van der Waals surface area contributed by atoms with Crippen LogP contribution in [0.5, 0.6) is 0 Å². The maximum atomic E-state index is 11.0. The van der Waals surface area contributed by atoms with Crippen molar-refractivity contribution in [3.05, 3.63) is 24.3 Å². The van der Waals surface area contributed by atoms with Gasteiger partial charge in [0.25, 0.3) is 0 Å². The summed E-state index contributed by atoms with van der Waals surface area (Å²) in [6, 6.07) is 4.87. The van der Waals surface area contributed by atoms with E-state index in [4.69, 9.17) is 10.3 Å². The van der Waals surface area contributed by atoms with Crippen molar-refractivity contribution in [2.75, 3.05) is 0 Å². The molecule has 6 nitrogen and oxygen atoms in total. The van der Waals surface area contributed by atoms with Crippen molar-refractivity contribution in [2.24, 2.45) is 10.3 Å². The summed E-state index contributed by atoms with van der Waals surface area (Å²) in [7, 11) is -8.15. The Morgan fingerprint density at radius 3 is 1.27 bits per heavy atom. The molecule has 0 radical (unpaired) electrons. The number of nitrogens with two attached hydrogens (primary N) is 2. The fraction of sp³-hybridized carbons (Fsp3) is 0. The van der Waals surface area contributed by atoms with Crippen molar-refractivity contribution in [2.45, 2.75) is 9.79 Å². The van der Waals surface area contributed by atoms with Gasteiger partial charge in [-0.1, -0.05) is 12.1 Å². The van der Waals surface area contributed by atoms with E-state index in [1.165, 1.54) is 12.1 Å². The van der Waals surface area contributed by atoms with Gasteiger partial charge in [-0.25, -0.2) is 27.1 Å². The Hall–Kier alpha value is 0.300. The summed E-state index contributed by atoms with van der Waals surface area (Å²) in [4.78, 5) is -0.995. The molecule has 0 saturated heterocycles. The molecule has 0 unspecified atom stereocenters. The molecule has 15 heavy (non-hydrogen) atoms. The zero-order valence-corrected chi connectivity index (χ0v) is 8.55. The second kappa shape index (κ2) is 5.09. The molecule has 0 spiro atoms. The first-order chi connectivity index (χ1) is 6.23. The summed E-state index contributed by atoms with van der Waals surface area (Å²) in [5, 5.41) is 9.61. The van der Waals surface area contributed by atoms with Crippen LogP contribution in [0.3, 0.4) is 0 Å². The molecule has 9 heteroatoms. The van der Waals surface area contributed by atoms with Gasteiger partial charge in [0.1, 0.15) is 9.79 Å². The second-order valence-electron chi connectivity index (χ2n) is 2.54. The molecule has 0 fully saturated rings. The average Bonchev–Trinajstić information content (AvgIpc) is 2.01. The van der Waals surface area contributed by atoms with E-state index in [0.29, 0.717) is 0 Å². The van der Waals surface area contributed by atoms with E-state index in [1.54, 1.807) is 0 Å². The third-order valence-electron chi connectivity index (χ3n) is 1.46. The van der Waals surface area contributed by atoms with Crippen LogP contribution in [0.15, 0.2) is 34.1 Å². The third-order valence-corrected chi connectivity index (χ3v) is 3.53. The van der Waals surface area contributed by atoms with Gasteiger partial charge >= 0.3 is 37.7 Å². The normalized spacial score (nSPS) is 11.9. The van der Waals surface area contributed by atoms with Crippen LogP contribution in [-0.2, 0) is 20.0 Å². The van der Waals surface area contributed by atoms with E-state index in [0.717, 1.165) is 12.1 Å². The van der Waals surface area contributed by atoms with Gasteiger partial charge in [0.2, 0.25) is 20.0 Å². The quantitative estimate of drug-likeness (QED) is 0.612. The van der Waals surface area contributed by atoms with Gasteiger partial charge in [0.15, 0.2) is 0 Å². The van der Waals surface area contributed by atoms with Crippen LogP contribution in [0.25, 0.3) is 0 Å². The van der Waals surface area contributed by atoms with Gasteiger partial charge in [-0.05, 0) is 12.1 Å². The Morgan fingerprint density at radius 1 is 0.800 bits per heavy atom. The molecule has 0 heterocycles. The van der Waals surface area contributed by atoms with Crippen LogP contribution in [-0.4, -0.2) is 54.6 Å². The van der Waals surface area contributed by atoms with Crippen LogP contribution in [0.4, 0.5) is 0 Å². The molecule has 0 aliphatic rings. The number of primary sulfonamides is 2. The number of hydrogen-bond donors (Lipinski definition) is 2. The van der Waals surface area contributed by atoms with E-state index in [2.05, 4.69) is 0 Å². The average molecular weight is 278 g/mol. The summed E-state index contributed by atoms with van der Waals surface area (Å²) in [5.41, 5.74) is 0. The second-order valence-corrected chi connectivity index (χ2v) is 5.60. The molecule has 0 aliphatic heterocycles. The Balaban J connectivity index is 0.00000196. The van der Waals surface area contributed by atoms with Crippen molar-refractivity contribution >= 4 is 57.8 Å². The molecule has 1 rings (SSSR count). The van der Waals surface area contributed by atoms with Crippen molar-refractivity contribution in [3.63, 3.8) is 0 Å². The first kappa shape index (κ1) is 15.3. The Labute approximate surface area is 118 Å². The van der Waals surface area contributed by atoms with Crippen LogP contribution in [0, 0.1) is 0 Å². The topological polar surface area (TPSA) is 120 Å². The summed E-state index contributed by atoms with van der Waals surface area (Å²) in [5.74, 6) is 0. The Bertz CT molecular complexity index is 501. The summed E-state index contributed by atoms with van der Waals surface area (Å²) in [6.07, 6.45) is 0. The molecule has 0 amide bonds. The summed E-state index contributed by atoms with van der Waals surface area (Å²) < 4.78 is 43.8. The molecule has 0 aliphatic carbocycles. The van der Waals surface area contributed by atoms with E-state index in [-0.39, 0.29) is 37.7 Å². The number of hydrogen-bond acceptors (Lipinski definition) is 4. The monoisotopic (exact) mass is 278 g/mol. The van der Waals surface area contributed by atoms with Crippen LogP contribution in [0.1, 0.15) is 0 Å². The summed E-state index contributed by atoms with van der Waals surface area (Å²) in [6.45, 7) is 0. The van der Waals surface area contributed by atoms with Gasteiger partial charge in [-0.15, -0.1) is 0 Å². The molecule has 0 atom stereocenters. The van der Waals surface area contributed by atoms with Crippen LogP contribution in [0.2, 0.25) is 0 Å². The van der Waals surface area contributed by atoms with Crippen LogP contribution < -0.4 is 10.3 Å². The van der Waals surface area contributed by atoms with E-state index < -0.39 is 29.8 Å². The van der Waals surface area contributed by atoms with E-state index in [1.807, 2.05) is 0 Å². The molecule has 0 bridgehead atoms. The van der Waals surface area contributed by atoms with Crippen molar-refractivity contribution < 1.29 is 16.8 Å². The Kier molecular flexibility index (Phi) is 5.19. The molecule has 0 saturated carbocycles. The minimum atomic E-state index is -4.08. The van der Waals surface area contributed by atoms with Gasteiger partial charge in [0, 0.05) is 0 Å². The van der Waals surface area contributed by atoms with Crippen molar-refractivity contribution in [1.82, 2.24) is 0 Å². The standard InChI is InChI=1S/C6H8N2O4S2.Ca.2H/c7-13(9,10)5-3-1-2-4-6(5)14(8,11)12;;;/h1-4H,(H2,7,9,10)(H2,8,11,12);;;. The first-order valence-corrected chi connectivity index (χ1v) is 6.47. The predicted octanol–water partition coefficient (Wildman–Crippen LogP) is -1.93. The molecule has 4 N–H and O–H groups in total. The first-order valence-electron chi connectivity index (χ1n) is 3.37. The van der Waals surface area contributed by atoms with Gasteiger partial charge in [0.05, 0.1) is 0 Å². The molecule has 82 valence electrons. The maximum absolute atomic E-state index is 11.0. The van der Waals surface area contributed by atoms with Crippen molar-refractivity contribution in [1.29, 1.82) is 0 Å². The molecule has 1 aromatic rings. The fourth-order valence-electron chi connectivity index (χ4n) is 0.920. The minimum absolute atomic E-state index is 0. The Morgan fingerprint density at radius 2 is 1.07 bits per heavy atom. The number of benzene rings is 1. The van der Waals surface area contributed by atoms with E-state index in [9.17, 15) is 16.8 Å². The fourth-order valence-corrected chi connectivity index (χ4v) is 2.85. The van der Waals surface area contributed by atoms with Gasteiger partial charge in [-0.3, -0.25) is 0 Å². The number of rotatable bonds is 2. The zero-order chi connectivity index (χ0) is 11.0. The molecular formula is C6H10CaN2O4S2. The summed E-state index contributed by atoms with van der Waals surface area (Å²) >= 11 is 0.